The van der Waals surface area contributed by atoms with Gasteiger partial charge in [-0.1, -0.05) is 23.7 Å². The molecule has 0 saturated carbocycles. The Labute approximate surface area is 147 Å². The van der Waals surface area contributed by atoms with Gasteiger partial charge in [0.25, 0.3) is 0 Å². The SMILES string of the molecule is O=C(O)CCCCC(=O)NCC1(c2ccc(Cl)cc2)CCOCC1. The molecule has 132 valence electrons. The van der Waals surface area contributed by atoms with Crippen LogP contribution in [-0.4, -0.2) is 36.7 Å². The number of hydrogen-bond donors (Lipinski definition) is 2. The number of benzene rings is 1. The first-order chi connectivity index (χ1) is 11.5. The highest BCUT2D eigenvalue weighted by Gasteiger charge is 2.34. The van der Waals surface area contributed by atoms with Crippen LogP contribution >= 0.6 is 11.6 Å². The summed E-state index contributed by atoms with van der Waals surface area (Å²) < 4.78 is 5.48. The van der Waals surface area contributed by atoms with Gasteiger partial charge in [-0.25, -0.2) is 0 Å². The topological polar surface area (TPSA) is 75.6 Å². The van der Waals surface area contributed by atoms with Gasteiger partial charge in [-0.15, -0.1) is 0 Å². The summed E-state index contributed by atoms with van der Waals surface area (Å²) in [6.45, 7) is 1.92. The van der Waals surface area contributed by atoms with Crippen LogP contribution in [-0.2, 0) is 19.7 Å². The molecule has 0 atom stereocenters. The molecule has 1 fully saturated rings. The molecular weight excluding hydrogens is 330 g/mol. The van der Waals surface area contributed by atoms with Crippen molar-refractivity contribution in [3.8, 4) is 0 Å². The van der Waals surface area contributed by atoms with Crippen molar-refractivity contribution in [3.63, 3.8) is 0 Å². The summed E-state index contributed by atoms with van der Waals surface area (Å²) in [7, 11) is 0. The van der Waals surface area contributed by atoms with E-state index in [1.165, 1.54) is 5.56 Å². The number of ether oxygens (including phenoxy) is 1. The molecule has 0 aliphatic carbocycles. The zero-order chi connectivity index (χ0) is 17.4. The third-order valence-electron chi connectivity index (χ3n) is 4.57. The van der Waals surface area contributed by atoms with Crippen molar-refractivity contribution in [2.75, 3.05) is 19.8 Å². The van der Waals surface area contributed by atoms with Crippen molar-refractivity contribution in [1.82, 2.24) is 5.32 Å². The number of unbranched alkanes of at least 4 members (excludes halogenated alkanes) is 1. The molecule has 0 bridgehead atoms. The number of carboxylic acid groups (broad SMARTS) is 1. The Hall–Kier alpha value is -1.59. The summed E-state index contributed by atoms with van der Waals surface area (Å²) in [4.78, 5) is 22.5. The lowest BCUT2D eigenvalue weighted by molar-refractivity contribution is -0.137. The summed E-state index contributed by atoms with van der Waals surface area (Å²) in [5.41, 5.74) is 1.04. The first-order valence-electron chi connectivity index (χ1n) is 8.34. The summed E-state index contributed by atoms with van der Waals surface area (Å²) in [5, 5.41) is 12.3. The van der Waals surface area contributed by atoms with Gasteiger partial charge >= 0.3 is 5.97 Å². The van der Waals surface area contributed by atoms with Gasteiger partial charge < -0.3 is 15.2 Å². The van der Waals surface area contributed by atoms with Crippen LogP contribution in [0.2, 0.25) is 5.02 Å². The predicted octanol–water partition coefficient (Wildman–Crippen LogP) is 3.15. The number of carbonyl (C=O) groups is 2. The fraction of sp³-hybridized carbons (Fsp3) is 0.556. The van der Waals surface area contributed by atoms with Gasteiger partial charge in [-0.3, -0.25) is 9.59 Å². The molecule has 24 heavy (non-hydrogen) atoms. The minimum atomic E-state index is -0.820. The zero-order valence-electron chi connectivity index (χ0n) is 13.7. The van der Waals surface area contributed by atoms with Crippen LogP contribution in [0.1, 0.15) is 44.1 Å². The van der Waals surface area contributed by atoms with Gasteiger partial charge in [0, 0.05) is 43.0 Å². The Morgan fingerprint density at radius 1 is 1.12 bits per heavy atom. The van der Waals surface area contributed by atoms with E-state index in [2.05, 4.69) is 5.32 Å². The lowest BCUT2D eigenvalue weighted by Crippen LogP contribution is -2.44. The monoisotopic (exact) mass is 353 g/mol. The van der Waals surface area contributed by atoms with Crippen molar-refractivity contribution < 1.29 is 19.4 Å². The minimum Gasteiger partial charge on any atom is -0.481 e. The first kappa shape index (κ1) is 18.7. The first-order valence-corrected chi connectivity index (χ1v) is 8.72. The Bertz CT molecular complexity index is 553. The maximum atomic E-state index is 12.0. The highest BCUT2D eigenvalue weighted by Crippen LogP contribution is 2.34. The maximum absolute atomic E-state index is 12.0. The van der Waals surface area contributed by atoms with Crippen LogP contribution in [0.15, 0.2) is 24.3 Å². The van der Waals surface area contributed by atoms with Crippen LogP contribution in [0.25, 0.3) is 0 Å². The van der Waals surface area contributed by atoms with Crippen LogP contribution in [0, 0.1) is 0 Å². The molecule has 0 radical (unpaired) electrons. The van der Waals surface area contributed by atoms with E-state index < -0.39 is 5.97 Å². The molecule has 2 rings (SSSR count). The van der Waals surface area contributed by atoms with E-state index in [9.17, 15) is 9.59 Å². The number of aliphatic carboxylic acids is 1. The molecule has 2 N–H and O–H groups in total. The molecule has 1 aliphatic heterocycles. The summed E-state index contributed by atoms with van der Waals surface area (Å²) in [6.07, 6.45) is 3.30. The van der Waals surface area contributed by atoms with Gasteiger partial charge in [-0.05, 0) is 43.4 Å². The molecule has 0 spiro atoms. The standard InChI is InChI=1S/C18H24ClNO4/c19-15-7-5-14(6-8-15)18(9-11-24-12-10-18)13-20-16(21)3-1-2-4-17(22)23/h5-8H,1-4,9-13H2,(H,20,21)(H,22,23). The van der Waals surface area contributed by atoms with Crippen LogP contribution in [0.3, 0.4) is 0 Å². The van der Waals surface area contributed by atoms with E-state index in [0.29, 0.717) is 44.0 Å². The molecule has 1 aliphatic rings. The van der Waals surface area contributed by atoms with E-state index >= 15 is 0 Å². The molecule has 1 aromatic rings. The smallest absolute Gasteiger partial charge is 0.303 e. The zero-order valence-corrected chi connectivity index (χ0v) is 14.5. The minimum absolute atomic E-state index is 0.0276. The lowest BCUT2D eigenvalue weighted by atomic mass is 9.74. The van der Waals surface area contributed by atoms with Crippen LogP contribution < -0.4 is 5.32 Å². The second-order valence-corrected chi connectivity index (χ2v) is 6.71. The van der Waals surface area contributed by atoms with Crippen molar-refractivity contribution in [3.05, 3.63) is 34.9 Å². The molecule has 1 heterocycles. The van der Waals surface area contributed by atoms with Crippen molar-refractivity contribution >= 4 is 23.5 Å². The fourth-order valence-corrected chi connectivity index (χ4v) is 3.18. The molecule has 6 heteroatoms. The molecule has 0 unspecified atom stereocenters. The molecular formula is C18H24ClNO4. The Morgan fingerprint density at radius 3 is 2.38 bits per heavy atom. The number of nitrogens with one attached hydrogen (secondary N) is 1. The molecule has 5 nitrogen and oxygen atoms in total. The quantitative estimate of drug-likeness (QED) is 0.704. The van der Waals surface area contributed by atoms with E-state index in [1.807, 2.05) is 24.3 Å². The van der Waals surface area contributed by atoms with Crippen molar-refractivity contribution in [2.45, 2.75) is 43.9 Å². The van der Waals surface area contributed by atoms with E-state index in [0.717, 1.165) is 12.8 Å². The summed E-state index contributed by atoms with van der Waals surface area (Å²) in [5.74, 6) is -0.848. The maximum Gasteiger partial charge on any atom is 0.303 e. The van der Waals surface area contributed by atoms with E-state index in [-0.39, 0.29) is 17.7 Å². The van der Waals surface area contributed by atoms with Gasteiger partial charge in [0.15, 0.2) is 0 Å². The van der Waals surface area contributed by atoms with E-state index in [1.54, 1.807) is 0 Å². The highest BCUT2D eigenvalue weighted by molar-refractivity contribution is 6.30. The third kappa shape index (κ3) is 5.49. The van der Waals surface area contributed by atoms with Gasteiger partial charge in [0.05, 0.1) is 0 Å². The number of carboxylic acids is 1. The molecule has 1 saturated heterocycles. The number of halogens is 1. The second kappa shape index (κ2) is 9.04. The fourth-order valence-electron chi connectivity index (χ4n) is 3.05. The predicted molar refractivity (Wildman–Crippen MR) is 92.3 cm³/mol. The van der Waals surface area contributed by atoms with E-state index in [4.69, 9.17) is 21.4 Å². The molecule has 0 aromatic heterocycles. The van der Waals surface area contributed by atoms with Gasteiger partial charge in [0.1, 0.15) is 0 Å². The van der Waals surface area contributed by atoms with Crippen LogP contribution in [0.4, 0.5) is 0 Å². The number of carbonyl (C=O) groups excluding carboxylic acids is 1. The van der Waals surface area contributed by atoms with Crippen molar-refractivity contribution in [2.24, 2.45) is 0 Å². The van der Waals surface area contributed by atoms with Gasteiger partial charge in [0.2, 0.25) is 5.91 Å². The Kier molecular flexibility index (Phi) is 7.06. The van der Waals surface area contributed by atoms with Gasteiger partial charge in [-0.2, -0.15) is 0 Å². The number of rotatable bonds is 8. The van der Waals surface area contributed by atoms with Crippen LogP contribution in [0.5, 0.6) is 0 Å². The molecule has 1 amide bonds. The Balaban J connectivity index is 1.91. The second-order valence-electron chi connectivity index (χ2n) is 6.28. The average Bonchev–Trinajstić information content (AvgIpc) is 2.58. The highest BCUT2D eigenvalue weighted by atomic mass is 35.5. The number of hydrogen-bond acceptors (Lipinski definition) is 3. The summed E-state index contributed by atoms with van der Waals surface area (Å²) >= 11 is 5.98. The normalized spacial score (nSPS) is 16.5. The number of amides is 1. The molecule has 1 aromatic carbocycles. The summed E-state index contributed by atoms with van der Waals surface area (Å²) in [6, 6.07) is 7.79. The Morgan fingerprint density at radius 2 is 1.75 bits per heavy atom. The largest absolute Gasteiger partial charge is 0.481 e. The lowest BCUT2D eigenvalue weighted by Gasteiger charge is -2.38. The third-order valence-corrected chi connectivity index (χ3v) is 4.83. The van der Waals surface area contributed by atoms with Crippen molar-refractivity contribution in [1.29, 1.82) is 0 Å². The average molecular weight is 354 g/mol.